The summed E-state index contributed by atoms with van der Waals surface area (Å²) in [6, 6.07) is 2.41. The second kappa shape index (κ2) is 3.90. The van der Waals surface area contributed by atoms with Crippen LogP contribution in [0.5, 0.6) is 0 Å². The van der Waals surface area contributed by atoms with Gasteiger partial charge in [-0.15, -0.1) is 0 Å². The molecule has 0 aromatic rings. The second-order valence-corrected chi connectivity index (χ2v) is 4.73. The van der Waals surface area contributed by atoms with Gasteiger partial charge in [0.25, 0.3) is 0 Å². The monoisotopic (exact) mass is 193 g/mol. The molecule has 0 aromatic heterocycles. The fraction of sp³-hybridized carbons (Fsp3) is 0.917. The molecule has 0 aliphatic heterocycles. The number of rotatable bonds is 3. The van der Waals surface area contributed by atoms with Crippen molar-refractivity contribution in [2.45, 2.75) is 51.0 Å². The minimum Gasteiger partial charge on any atom is -0.360 e. The molecule has 2 aliphatic rings. The fourth-order valence-corrected chi connectivity index (χ4v) is 2.79. The molecule has 2 heteroatoms. The van der Waals surface area contributed by atoms with Crippen LogP contribution in [0, 0.1) is 23.2 Å². The predicted octanol–water partition coefficient (Wildman–Crippen LogP) is 2.89. The summed E-state index contributed by atoms with van der Waals surface area (Å²) >= 11 is 0. The Morgan fingerprint density at radius 3 is 2.71 bits per heavy atom. The number of hydrogen-bond donors (Lipinski definition) is 0. The fourth-order valence-electron chi connectivity index (χ4n) is 2.79. The average molecular weight is 193 g/mol. The molecule has 2 aliphatic carbocycles. The second-order valence-electron chi connectivity index (χ2n) is 4.73. The van der Waals surface area contributed by atoms with Crippen molar-refractivity contribution in [2.24, 2.45) is 11.8 Å². The van der Waals surface area contributed by atoms with E-state index in [9.17, 15) is 5.26 Å². The average Bonchev–Trinajstić information content (AvgIpc) is 3.02. The van der Waals surface area contributed by atoms with Crippen LogP contribution in [0.25, 0.3) is 0 Å². The normalized spacial score (nSPS) is 37.9. The van der Waals surface area contributed by atoms with Gasteiger partial charge in [-0.05, 0) is 57.3 Å². The molecule has 0 bridgehead atoms. The van der Waals surface area contributed by atoms with Crippen molar-refractivity contribution in [3.63, 3.8) is 0 Å². The third-order valence-corrected chi connectivity index (χ3v) is 3.66. The summed E-state index contributed by atoms with van der Waals surface area (Å²) in [6.45, 7) is 2.66. The Hall–Kier alpha value is -0.550. The zero-order valence-corrected chi connectivity index (χ0v) is 8.96. The van der Waals surface area contributed by atoms with Crippen molar-refractivity contribution in [3.8, 4) is 6.07 Å². The molecule has 0 heterocycles. The van der Waals surface area contributed by atoms with Crippen LogP contribution in [0.15, 0.2) is 0 Å². The van der Waals surface area contributed by atoms with Crippen molar-refractivity contribution in [1.82, 2.24) is 0 Å². The number of ether oxygens (including phenoxy) is 1. The Labute approximate surface area is 86.2 Å². The highest BCUT2D eigenvalue weighted by Crippen LogP contribution is 2.47. The molecule has 0 N–H and O–H groups in total. The smallest absolute Gasteiger partial charge is 0.154 e. The van der Waals surface area contributed by atoms with Gasteiger partial charge in [0.2, 0.25) is 0 Å². The predicted molar refractivity (Wildman–Crippen MR) is 54.7 cm³/mol. The maximum atomic E-state index is 9.22. The van der Waals surface area contributed by atoms with E-state index in [2.05, 4.69) is 6.07 Å². The molecule has 0 saturated heterocycles. The Kier molecular flexibility index (Phi) is 2.78. The summed E-state index contributed by atoms with van der Waals surface area (Å²) in [7, 11) is 0. The van der Waals surface area contributed by atoms with Crippen molar-refractivity contribution in [3.05, 3.63) is 0 Å². The highest BCUT2D eigenvalue weighted by atomic mass is 16.5. The van der Waals surface area contributed by atoms with Gasteiger partial charge in [-0.2, -0.15) is 5.26 Å². The van der Waals surface area contributed by atoms with E-state index >= 15 is 0 Å². The quantitative estimate of drug-likeness (QED) is 0.690. The molecule has 0 radical (unpaired) electrons. The molecule has 2 unspecified atom stereocenters. The van der Waals surface area contributed by atoms with Gasteiger partial charge in [0.1, 0.15) is 0 Å². The molecule has 2 nitrogen and oxygen atoms in total. The standard InChI is InChI=1S/C12H19NO/c1-2-14-12(9-13)7-3-4-11(8-12)10-5-6-10/h10-11H,2-8H2,1H3. The Balaban J connectivity index is 1.99. The van der Waals surface area contributed by atoms with Crippen LogP contribution in [0.3, 0.4) is 0 Å². The highest BCUT2D eigenvalue weighted by Gasteiger charge is 2.42. The van der Waals surface area contributed by atoms with Crippen molar-refractivity contribution in [2.75, 3.05) is 6.61 Å². The molecule has 0 spiro atoms. The first kappa shape index (κ1) is 9.98. The maximum absolute atomic E-state index is 9.22. The van der Waals surface area contributed by atoms with Gasteiger partial charge in [-0.25, -0.2) is 0 Å². The van der Waals surface area contributed by atoms with E-state index in [0.717, 1.165) is 24.7 Å². The first-order valence-corrected chi connectivity index (χ1v) is 5.85. The van der Waals surface area contributed by atoms with Gasteiger partial charge in [0, 0.05) is 6.61 Å². The minimum atomic E-state index is -0.430. The highest BCUT2D eigenvalue weighted by molar-refractivity contribution is 5.06. The summed E-state index contributed by atoms with van der Waals surface area (Å²) in [5.41, 5.74) is -0.430. The van der Waals surface area contributed by atoms with Crippen LogP contribution in [-0.2, 0) is 4.74 Å². The molecule has 2 fully saturated rings. The molecular weight excluding hydrogens is 174 g/mol. The zero-order chi connectivity index (χ0) is 10.0. The van der Waals surface area contributed by atoms with E-state index in [-0.39, 0.29) is 0 Å². The topological polar surface area (TPSA) is 33.0 Å². The van der Waals surface area contributed by atoms with Crippen LogP contribution in [-0.4, -0.2) is 12.2 Å². The number of nitrogens with zero attached hydrogens (tertiary/aromatic N) is 1. The minimum absolute atomic E-state index is 0.430. The molecule has 14 heavy (non-hydrogen) atoms. The van der Waals surface area contributed by atoms with Crippen LogP contribution in [0.2, 0.25) is 0 Å². The van der Waals surface area contributed by atoms with Gasteiger partial charge in [0.05, 0.1) is 6.07 Å². The summed E-state index contributed by atoms with van der Waals surface area (Å²) in [6.07, 6.45) is 7.20. The lowest BCUT2D eigenvalue weighted by Crippen LogP contribution is -2.37. The number of nitriles is 1. The Morgan fingerprint density at radius 2 is 2.14 bits per heavy atom. The summed E-state index contributed by atoms with van der Waals surface area (Å²) in [5.74, 6) is 1.69. The summed E-state index contributed by atoms with van der Waals surface area (Å²) in [4.78, 5) is 0. The van der Waals surface area contributed by atoms with Gasteiger partial charge >= 0.3 is 0 Å². The SMILES string of the molecule is CCOC1(C#N)CCCC(C2CC2)C1. The van der Waals surface area contributed by atoms with E-state index < -0.39 is 5.60 Å². The Morgan fingerprint density at radius 1 is 1.36 bits per heavy atom. The summed E-state index contributed by atoms with van der Waals surface area (Å²) < 4.78 is 5.67. The lowest BCUT2D eigenvalue weighted by atomic mass is 9.76. The summed E-state index contributed by atoms with van der Waals surface area (Å²) in [5, 5.41) is 9.22. The first-order valence-electron chi connectivity index (χ1n) is 5.85. The lowest BCUT2D eigenvalue weighted by molar-refractivity contribution is -0.0384. The third kappa shape index (κ3) is 1.93. The molecule has 2 atom stereocenters. The van der Waals surface area contributed by atoms with Gasteiger partial charge in [-0.3, -0.25) is 0 Å². The van der Waals surface area contributed by atoms with Crippen molar-refractivity contribution < 1.29 is 4.74 Å². The molecule has 2 saturated carbocycles. The van der Waals surface area contributed by atoms with Gasteiger partial charge in [-0.1, -0.05) is 0 Å². The largest absolute Gasteiger partial charge is 0.360 e. The number of hydrogen-bond acceptors (Lipinski definition) is 2. The van der Waals surface area contributed by atoms with Gasteiger partial charge < -0.3 is 4.74 Å². The van der Waals surface area contributed by atoms with Crippen molar-refractivity contribution >= 4 is 0 Å². The maximum Gasteiger partial charge on any atom is 0.154 e. The molecule has 78 valence electrons. The molecule has 2 rings (SSSR count). The van der Waals surface area contributed by atoms with E-state index in [1.165, 1.54) is 25.7 Å². The van der Waals surface area contributed by atoms with E-state index in [4.69, 9.17) is 4.74 Å². The van der Waals surface area contributed by atoms with E-state index in [1.807, 2.05) is 6.92 Å². The van der Waals surface area contributed by atoms with E-state index in [1.54, 1.807) is 0 Å². The molecule has 0 amide bonds. The van der Waals surface area contributed by atoms with Crippen LogP contribution < -0.4 is 0 Å². The Bertz CT molecular complexity index is 237. The lowest BCUT2D eigenvalue weighted by Gasteiger charge is -2.35. The molecular formula is C12H19NO. The van der Waals surface area contributed by atoms with E-state index in [0.29, 0.717) is 6.61 Å². The van der Waals surface area contributed by atoms with Crippen molar-refractivity contribution in [1.29, 1.82) is 5.26 Å². The van der Waals surface area contributed by atoms with Crippen LogP contribution >= 0.6 is 0 Å². The van der Waals surface area contributed by atoms with Crippen LogP contribution in [0.1, 0.15) is 45.4 Å². The van der Waals surface area contributed by atoms with Crippen LogP contribution in [0.4, 0.5) is 0 Å². The molecule has 0 aromatic carbocycles. The zero-order valence-electron chi connectivity index (χ0n) is 8.96. The third-order valence-electron chi connectivity index (χ3n) is 3.66. The van der Waals surface area contributed by atoms with Gasteiger partial charge in [0.15, 0.2) is 5.60 Å². The first-order chi connectivity index (χ1) is 6.79.